The second-order valence-electron chi connectivity index (χ2n) is 8.91. The molecule has 160 valence electrons. The molecule has 0 aromatic rings. The minimum Gasteiger partial charge on any atom is -0.481 e. The zero-order valence-electron chi connectivity index (χ0n) is 17.3. The molecule has 2 saturated carbocycles. The Bertz CT molecular complexity index is 537. The molecule has 0 heterocycles. The molecule has 5 nitrogen and oxygen atoms in total. The molecule has 3 N–H and O–H groups in total. The van der Waals surface area contributed by atoms with Gasteiger partial charge in [0.25, 0.3) is 0 Å². The van der Waals surface area contributed by atoms with Crippen LogP contribution in [0.1, 0.15) is 90.4 Å². The predicted molar refractivity (Wildman–Crippen MR) is 109 cm³/mol. The Morgan fingerprint density at radius 1 is 1.25 bits per heavy atom. The van der Waals surface area contributed by atoms with E-state index in [4.69, 9.17) is 5.11 Å². The average Bonchev–Trinajstić information content (AvgIpc) is 2.87. The van der Waals surface area contributed by atoms with E-state index in [0.717, 1.165) is 51.4 Å². The molecule has 1 unspecified atom stereocenters. The monoisotopic (exact) mass is 394 g/mol. The molecule has 2 fully saturated rings. The molecule has 0 bridgehead atoms. The third-order valence-corrected chi connectivity index (χ3v) is 6.91. The van der Waals surface area contributed by atoms with Crippen LogP contribution in [0.4, 0.5) is 0 Å². The zero-order valence-corrected chi connectivity index (χ0v) is 17.3. The van der Waals surface area contributed by atoms with E-state index in [0.29, 0.717) is 12.8 Å². The van der Waals surface area contributed by atoms with Gasteiger partial charge < -0.3 is 15.3 Å². The largest absolute Gasteiger partial charge is 0.481 e. The molecule has 28 heavy (non-hydrogen) atoms. The first kappa shape index (κ1) is 23.1. The summed E-state index contributed by atoms with van der Waals surface area (Å²) in [5.74, 6) is -0.919. The normalized spacial score (nSPS) is 27.8. The van der Waals surface area contributed by atoms with Crippen LogP contribution in [-0.2, 0) is 9.59 Å². The number of ketones is 1. The van der Waals surface area contributed by atoms with Gasteiger partial charge in [-0.1, -0.05) is 51.2 Å². The summed E-state index contributed by atoms with van der Waals surface area (Å²) >= 11 is 0. The summed E-state index contributed by atoms with van der Waals surface area (Å²) in [7, 11) is 0. The number of aliphatic carboxylic acids is 1. The van der Waals surface area contributed by atoms with Gasteiger partial charge in [-0.15, -0.1) is 0 Å². The Balaban J connectivity index is 1.79. The molecule has 2 rings (SSSR count). The number of carbonyl (C=O) groups excluding carboxylic acids is 1. The lowest BCUT2D eigenvalue weighted by Crippen LogP contribution is -2.41. The fourth-order valence-corrected chi connectivity index (χ4v) is 5.08. The number of aliphatic hydroxyl groups is 2. The van der Waals surface area contributed by atoms with Crippen LogP contribution in [0.15, 0.2) is 12.2 Å². The maximum absolute atomic E-state index is 12.3. The summed E-state index contributed by atoms with van der Waals surface area (Å²) in [5.41, 5.74) is 0.0819. The maximum atomic E-state index is 12.3. The third kappa shape index (κ3) is 6.15. The van der Waals surface area contributed by atoms with Gasteiger partial charge in [0.15, 0.2) is 0 Å². The fourth-order valence-electron chi connectivity index (χ4n) is 5.08. The Morgan fingerprint density at radius 2 is 1.96 bits per heavy atom. The number of hydrogen-bond acceptors (Lipinski definition) is 4. The van der Waals surface area contributed by atoms with E-state index >= 15 is 0 Å². The number of hydrogen-bond donors (Lipinski definition) is 3. The minimum atomic E-state index is -0.760. The van der Waals surface area contributed by atoms with E-state index < -0.39 is 12.1 Å². The van der Waals surface area contributed by atoms with Crippen LogP contribution in [-0.4, -0.2) is 39.3 Å². The lowest BCUT2D eigenvalue weighted by Gasteiger charge is -2.45. The highest BCUT2D eigenvalue weighted by atomic mass is 16.4. The highest BCUT2D eigenvalue weighted by molar-refractivity contribution is 5.84. The van der Waals surface area contributed by atoms with Gasteiger partial charge in [-0.3, -0.25) is 9.59 Å². The number of carboxylic acids is 1. The molecule has 0 radical (unpaired) electrons. The van der Waals surface area contributed by atoms with Crippen LogP contribution in [0.3, 0.4) is 0 Å². The molecule has 0 amide bonds. The van der Waals surface area contributed by atoms with Crippen LogP contribution in [0.2, 0.25) is 0 Å². The van der Waals surface area contributed by atoms with Crippen molar-refractivity contribution in [2.24, 2.45) is 17.3 Å². The molecule has 5 heteroatoms. The first-order valence-corrected chi connectivity index (χ1v) is 11.2. The molecule has 4 atom stereocenters. The average molecular weight is 395 g/mol. The van der Waals surface area contributed by atoms with Crippen LogP contribution < -0.4 is 0 Å². The van der Waals surface area contributed by atoms with Crippen LogP contribution in [0, 0.1) is 17.3 Å². The van der Waals surface area contributed by atoms with Gasteiger partial charge in [0.05, 0.1) is 12.2 Å². The van der Waals surface area contributed by atoms with Gasteiger partial charge in [-0.2, -0.15) is 0 Å². The van der Waals surface area contributed by atoms with Gasteiger partial charge in [-0.05, 0) is 43.9 Å². The summed E-state index contributed by atoms with van der Waals surface area (Å²) in [4.78, 5) is 22.8. The van der Waals surface area contributed by atoms with Crippen molar-refractivity contribution in [3.05, 3.63) is 12.2 Å². The lowest BCUT2D eigenvalue weighted by atomic mass is 9.62. The molecule has 0 aliphatic heterocycles. The molecule has 2 aliphatic carbocycles. The van der Waals surface area contributed by atoms with Crippen molar-refractivity contribution in [3.8, 4) is 0 Å². The molecule has 2 aliphatic rings. The minimum absolute atomic E-state index is 0.0819. The van der Waals surface area contributed by atoms with Crippen molar-refractivity contribution in [1.29, 1.82) is 0 Å². The van der Waals surface area contributed by atoms with Crippen molar-refractivity contribution in [2.45, 2.75) is 103 Å². The molecule has 0 aromatic carbocycles. The van der Waals surface area contributed by atoms with Gasteiger partial charge >= 0.3 is 5.97 Å². The van der Waals surface area contributed by atoms with Crippen LogP contribution >= 0.6 is 0 Å². The number of unbranched alkanes of at least 4 members (excludes halogenated alkanes) is 3. The second kappa shape index (κ2) is 11.1. The second-order valence-corrected chi connectivity index (χ2v) is 8.91. The van der Waals surface area contributed by atoms with E-state index in [1.54, 1.807) is 0 Å². The zero-order chi connectivity index (χ0) is 20.6. The van der Waals surface area contributed by atoms with Crippen LogP contribution in [0.5, 0.6) is 0 Å². The fraction of sp³-hybridized carbons (Fsp3) is 0.826. The standard InChI is InChI=1S/C23H38O5/c1-2-13-23(14-8-15-23)21(26)11-7-10-18-17(19(24)16-20(18)25)9-5-3-4-6-12-22(27)28/h7,10,17-18,20-21,25-26H,2-6,8-9,11-16H2,1H3,(H,27,28)/b10-7+/t17-,18+,20+,21?/m0/s1. The summed E-state index contributed by atoms with van der Waals surface area (Å²) in [5, 5.41) is 29.6. The van der Waals surface area contributed by atoms with Crippen molar-refractivity contribution in [2.75, 3.05) is 0 Å². The lowest BCUT2D eigenvalue weighted by molar-refractivity contribution is -0.137. The third-order valence-electron chi connectivity index (χ3n) is 6.91. The molecule has 0 saturated heterocycles. The first-order valence-electron chi connectivity index (χ1n) is 11.2. The topological polar surface area (TPSA) is 94.8 Å². The molecule has 0 spiro atoms. The Hall–Kier alpha value is -1.20. The molecule has 0 aromatic heterocycles. The Labute approximate surface area is 169 Å². The van der Waals surface area contributed by atoms with Crippen molar-refractivity contribution < 1.29 is 24.9 Å². The Morgan fingerprint density at radius 3 is 2.57 bits per heavy atom. The SMILES string of the molecule is CCCC1(C(O)C/C=C/[C@H]2[C@H](O)CC(=O)[C@H]2CCCCCCC(=O)O)CCC1. The highest BCUT2D eigenvalue weighted by Gasteiger charge is 2.42. The van der Waals surface area contributed by atoms with E-state index in [2.05, 4.69) is 6.92 Å². The molecular formula is C23H38O5. The number of carboxylic acid groups (broad SMARTS) is 1. The Kier molecular flexibility index (Phi) is 9.16. The molecular weight excluding hydrogens is 356 g/mol. The highest BCUT2D eigenvalue weighted by Crippen LogP contribution is 2.48. The van der Waals surface area contributed by atoms with Gasteiger partial charge in [0, 0.05) is 24.7 Å². The smallest absolute Gasteiger partial charge is 0.303 e. The number of aliphatic hydroxyl groups excluding tert-OH is 2. The van der Waals surface area contributed by atoms with Crippen molar-refractivity contribution in [1.82, 2.24) is 0 Å². The quantitative estimate of drug-likeness (QED) is 0.320. The summed E-state index contributed by atoms with van der Waals surface area (Å²) in [6.45, 7) is 2.16. The summed E-state index contributed by atoms with van der Waals surface area (Å²) in [6.07, 6.45) is 13.7. The maximum Gasteiger partial charge on any atom is 0.303 e. The summed E-state index contributed by atoms with van der Waals surface area (Å²) < 4.78 is 0. The predicted octanol–water partition coefficient (Wildman–Crippen LogP) is 4.26. The first-order chi connectivity index (χ1) is 13.4. The number of rotatable bonds is 13. The van der Waals surface area contributed by atoms with E-state index in [1.807, 2.05) is 12.2 Å². The van der Waals surface area contributed by atoms with Crippen molar-refractivity contribution >= 4 is 11.8 Å². The van der Waals surface area contributed by atoms with E-state index in [-0.39, 0.29) is 42.0 Å². The van der Waals surface area contributed by atoms with Gasteiger partial charge in [0.1, 0.15) is 5.78 Å². The van der Waals surface area contributed by atoms with E-state index in [1.165, 1.54) is 6.42 Å². The van der Waals surface area contributed by atoms with Gasteiger partial charge in [0.2, 0.25) is 0 Å². The van der Waals surface area contributed by atoms with Crippen LogP contribution in [0.25, 0.3) is 0 Å². The van der Waals surface area contributed by atoms with E-state index in [9.17, 15) is 19.8 Å². The summed E-state index contributed by atoms with van der Waals surface area (Å²) in [6, 6.07) is 0. The number of carbonyl (C=O) groups is 2. The van der Waals surface area contributed by atoms with Gasteiger partial charge in [-0.25, -0.2) is 0 Å². The number of Topliss-reactive ketones (excluding diaryl/α,β-unsaturated/α-hetero) is 1. The van der Waals surface area contributed by atoms with Crippen molar-refractivity contribution in [3.63, 3.8) is 0 Å².